The lowest BCUT2D eigenvalue weighted by Gasteiger charge is -2.01. The molecule has 92 valence electrons. The molecule has 0 aliphatic rings. The first-order chi connectivity index (χ1) is 8.21. The van der Waals surface area contributed by atoms with Gasteiger partial charge in [0.05, 0.1) is 0 Å². The van der Waals surface area contributed by atoms with Crippen molar-refractivity contribution in [3.63, 3.8) is 0 Å². The maximum atomic E-state index is 6.03. The van der Waals surface area contributed by atoms with Gasteiger partial charge in [0, 0.05) is 29.5 Å². The Morgan fingerprint density at radius 3 is 2.59 bits per heavy atom. The fourth-order valence-corrected chi connectivity index (χ4v) is 2.50. The Bertz CT molecular complexity index is 525. The molecule has 2 aromatic rings. The van der Waals surface area contributed by atoms with E-state index in [0.717, 1.165) is 36.2 Å². The van der Waals surface area contributed by atoms with Crippen molar-refractivity contribution in [2.24, 2.45) is 5.73 Å². The second-order valence-electron chi connectivity index (χ2n) is 4.61. The molecule has 1 aromatic heterocycles. The summed E-state index contributed by atoms with van der Waals surface area (Å²) in [6.45, 7) is 7.03. The van der Waals surface area contributed by atoms with Gasteiger partial charge in [-0.25, -0.2) is 0 Å². The quantitative estimate of drug-likeness (QED) is 0.871. The topological polar surface area (TPSA) is 39.2 Å². The maximum absolute atomic E-state index is 6.03. The van der Waals surface area contributed by atoms with E-state index < -0.39 is 0 Å². The summed E-state index contributed by atoms with van der Waals surface area (Å²) in [4.78, 5) is 0. The van der Waals surface area contributed by atoms with E-state index in [1.807, 2.05) is 0 Å². The van der Waals surface area contributed by atoms with Gasteiger partial charge in [0.15, 0.2) is 0 Å². The van der Waals surface area contributed by atoms with Gasteiger partial charge in [-0.3, -0.25) is 0 Å². The number of hydrogen-bond donors (Lipinski definition) is 1. The summed E-state index contributed by atoms with van der Waals surface area (Å²) in [6, 6.07) is 4.34. The van der Waals surface area contributed by atoms with Crippen molar-refractivity contribution >= 4 is 11.0 Å². The zero-order chi connectivity index (χ0) is 12.4. The van der Waals surface area contributed by atoms with E-state index >= 15 is 0 Å². The second kappa shape index (κ2) is 4.92. The third kappa shape index (κ3) is 2.09. The van der Waals surface area contributed by atoms with Crippen LogP contribution in [-0.4, -0.2) is 0 Å². The van der Waals surface area contributed by atoms with E-state index in [-0.39, 0.29) is 0 Å². The normalized spacial score (nSPS) is 11.3. The summed E-state index contributed by atoms with van der Waals surface area (Å²) in [5.41, 5.74) is 10.5. The lowest BCUT2D eigenvalue weighted by molar-refractivity contribution is 0.535. The van der Waals surface area contributed by atoms with Crippen LogP contribution in [-0.2, 0) is 19.4 Å². The van der Waals surface area contributed by atoms with Crippen LogP contribution < -0.4 is 5.73 Å². The summed E-state index contributed by atoms with van der Waals surface area (Å²) < 4.78 is 6.03. The summed E-state index contributed by atoms with van der Waals surface area (Å²) in [5.74, 6) is 1.14. The Balaban J connectivity index is 2.71. The molecule has 0 aliphatic heterocycles. The number of benzene rings is 1. The van der Waals surface area contributed by atoms with Crippen LogP contribution in [0.4, 0.5) is 0 Å². The predicted octanol–water partition coefficient (Wildman–Crippen LogP) is 3.71. The zero-order valence-electron chi connectivity index (χ0n) is 11.0. The number of rotatable bonds is 4. The standard InChI is InChI=1S/C15H21NO/c1-4-6-14-12(5-2)13-8-10(3)7-11(9-16)15(13)17-14/h7-8H,4-6,9,16H2,1-3H3. The monoisotopic (exact) mass is 231 g/mol. The number of nitrogens with two attached hydrogens (primary N) is 1. The Labute approximate surface area is 103 Å². The average molecular weight is 231 g/mol. The smallest absolute Gasteiger partial charge is 0.139 e. The van der Waals surface area contributed by atoms with E-state index in [9.17, 15) is 0 Å². The molecular weight excluding hydrogens is 210 g/mol. The highest BCUT2D eigenvalue weighted by Crippen LogP contribution is 2.31. The van der Waals surface area contributed by atoms with Crippen molar-refractivity contribution in [1.29, 1.82) is 0 Å². The predicted molar refractivity (Wildman–Crippen MR) is 72.2 cm³/mol. The van der Waals surface area contributed by atoms with Gasteiger partial charge in [0.1, 0.15) is 11.3 Å². The summed E-state index contributed by atoms with van der Waals surface area (Å²) in [6.07, 6.45) is 3.15. The third-order valence-electron chi connectivity index (χ3n) is 3.25. The van der Waals surface area contributed by atoms with E-state index in [2.05, 4.69) is 32.9 Å². The molecule has 0 saturated carbocycles. The first kappa shape index (κ1) is 12.2. The SMILES string of the molecule is CCCc1oc2c(CN)cc(C)cc2c1CC. The molecule has 0 unspecified atom stereocenters. The second-order valence-corrected chi connectivity index (χ2v) is 4.61. The maximum Gasteiger partial charge on any atom is 0.139 e. The molecule has 0 saturated heterocycles. The molecule has 2 heteroatoms. The van der Waals surface area contributed by atoms with Crippen molar-refractivity contribution in [2.45, 2.75) is 46.6 Å². The Morgan fingerprint density at radius 2 is 2.00 bits per heavy atom. The van der Waals surface area contributed by atoms with Crippen molar-refractivity contribution in [1.82, 2.24) is 0 Å². The molecule has 2 rings (SSSR count). The van der Waals surface area contributed by atoms with Gasteiger partial charge >= 0.3 is 0 Å². The Kier molecular flexibility index (Phi) is 3.53. The highest BCUT2D eigenvalue weighted by Gasteiger charge is 2.14. The van der Waals surface area contributed by atoms with E-state index in [1.54, 1.807) is 0 Å². The molecule has 2 nitrogen and oxygen atoms in total. The van der Waals surface area contributed by atoms with Crippen LogP contribution in [0.25, 0.3) is 11.0 Å². The van der Waals surface area contributed by atoms with Crippen LogP contribution in [0.3, 0.4) is 0 Å². The van der Waals surface area contributed by atoms with Crippen LogP contribution in [0.15, 0.2) is 16.5 Å². The fourth-order valence-electron chi connectivity index (χ4n) is 2.50. The van der Waals surface area contributed by atoms with Crippen LogP contribution in [0.5, 0.6) is 0 Å². The summed E-state index contributed by atoms with van der Waals surface area (Å²) in [5, 5.41) is 1.26. The molecule has 1 heterocycles. The molecule has 0 atom stereocenters. The first-order valence-electron chi connectivity index (χ1n) is 6.45. The van der Waals surface area contributed by atoms with Crippen molar-refractivity contribution in [3.8, 4) is 0 Å². The van der Waals surface area contributed by atoms with Crippen LogP contribution >= 0.6 is 0 Å². The Morgan fingerprint density at radius 1 is 1.24 bits per heavy atom. The van der Waals surface area contributed by atoms with Gasteiger partial charge in [0.2, 0.25) is 0 Å². The number of fused-ring (bicyclic) bond motifs is 1. The zero-order valence-corrected chi connectivity index (χ0v) is 11.0. The van der Waals surface area contributed by atoms with Crippen LogP contribution in [0.2, 0.25) is 0 Å². The molecule has 17 heavy (non-hydrogen) atoms. The van der Waals surface area contributed by atoms with E-state index in [0.29, 0.717) is 6.54 Å². The highest BCUT2D eigenvalue weighted by molar-refractivity contribution is 5.86. The molecule has 0 amide bonds. The van der Waals surface area contributed by atoms with Crippen LogP contribution in [0.1, 0.15) is 42.7 Å². The van der Waals surface area contributed by atoms with E-state index in [1.165, 1.54) is 16.5 Å². The van der Waals surface area contributed by atoms with Gasteiger partial charge in [-0.05, 0) is 31.4 Å². The van der Waals surface area contributed by atoms with Crippen molar-refractivity contribution in [3.05, 3.63) is 34.6 Å². The third-order valence-corrected chi connectivity index (χ3v) is 3.25. The van der Waals surface area contributed by atoms with Crippen molar-refractivity contribution < 1.29 is 4.42 Å². The molecule has 0 radical (unpaired) electrons. The lowest BCUT2D eigenvalue weighted by atomic mass is 10.0. The first-order valence-corrected chi connectivity index (χ1v) is 6.45. The van der Waals surface area contributed by atoms with Crippen LogP contribution in [0, 0.1) is 6.92 Å². The number of aryl methyl sites for hydroxylation is 3. The van der Waals surface area contributed by atoms with Gasteiger partial charge < -0.3 is 10.2 Å². The summed E-state index contributed by atoms with van der Waals surface area (Å²) >= 11 is 0. The molecular formula is C15H21NO. The van der Waals surface area contributed by atoms with Gasteiger partial charge in [0.25, 0.3) is 0 Å². The number of hydrogen-bond acceptors (Lipinski definition) is 2. The molecule has 0 bridgehead atoms. The van der Waals surface area contributed by atoms with Crippen molar-refractivity contribution in [2.75, 3.05) is 0 Å². The number of furan rings is 1. The minimum absolute atomic E-state index is 0.542. The minimum atomic E-state index is 0.542. The van der Waals surface area contributed by atoms with E-state index in [4.69, 9.17) is 10.2 Å². The minimum Gasteiger partial charge on any atom is -0.460 e. The molecule has 1 aromatic carbocycles. The highest BCUT2D eigenvalue weighted by atomic mass is 16.3. The summed E-state index contributed by atoms with van der Waals surface area (Å²) in [7, 11) is 0. The van der Waals surface area contributed by atoms with Gasteiger partial charge in [-0.1, -0.05) is 19.9 Å². The average Bonchev–Trinajstić information content (AvgIpc) is 2.66. The fraction of sp³-hybridized carbons (Fsp3) is 0.467. The largest absolute Gasteiger partial charge is 0.460 e. The molecule has 0 aliphatic carbocycles. The van der Waals surface area contributed by atoms with Gasteiger partial charge in [-0.2, -0.15) is 0 Å². The molecule has 0 fully saturated rings. The molecule has 0 spiro atoms. The lowest BCUT2D eigenvalue weighted by Crippen LogP contribution is -1.97. The van der Waals surface area contributed by atoms with Gasteiger partial charge in [-0.15, -0.1) is 0 Å². The Hall–Kier alpha value is -1.28. The molecule has 2 N–H and O–H groups in total.